The molecular formula is C24H22N2O3. The topological polar surface area (TPSA) is 64.4 Å². The minimum Gasteiger partial charge on any atom is -0.503 e. The quantitative estimate of drug-likeness (QED) is 0.488. The molecule has 0 saturated heterocycles. The molecule has 5 nitrogen and oxygen atoms in total. The first-order valence-electron chi connectivity index (χ1n) is 9.42. The molecule has 0 aliphatic carbocycles. The van der Waals surface area contributed by atoms with Gasteiger partial charge in [0, 0.05) is 29.7 Å². The van der Waals surface area contributed by atoms with E-state index in [0.29, 0.717) is 17.0 Å². The summed E-state index contributed by atoms with van der Waals surface area (Å²) in [6, 6.07) is 17.5. The minimum atomic E-state index is -0.196. The van der Waals surface area contributed by atoms with Crippen LogP contribution >= 0.6 is 0 Å². The van der Waals surface area contributed by atoms with Crippen LogP contribution in [-0.4, -0.2) is 20.4 Å². The summed E-state index contributed by atoms with van der Waals surface area (Å²) in [7, 11) is 1.99. The van der Waals surface area contributed by atoms with Gasteiger partial charge in [0.15, 0.2) is 17.3 Å². The number of aryl methyl sites for hydroxylation is 2. The van der Waals surface area contributed by atoms with Crippen molar-refractivity contribution in [2.45, 2.75) is 20.5 Å². The lowest BCUT2D eigenvalue weighted by Crippen LogP contribution is -2.07. The first-order chi connectivity index (χ1) is 14.0. The van der Waals surface area contributed by atoms with Gasteiger partial charge in [0.25, 0.3) is 0 Å². The number of carbonyl (C=O) groups excluding carboxylic acids is 1. The number of ether oxygens (including phenoxy) is 1. The van der Waals surface area contributed by atoms with E-state index in [4.69, 9.17) is 4.74 Å². The zero-order chi connectivity index (χ0) is 20.5. The first-order valence-corrected chi connectivity index (χ1v) is 9.42. The van der Waals surface area contributed by atoms with E-state index in [1.165, 1.54) is 6.92 Å². The van der Waals surface area contributed by atoms with Crippen LogP contribution in [0.5, 0.6) is 11.5 Å². The molecule has 4 rings (SSSR count). The van der Waals surface area contributed by atoms with E-state index in [-0.39, 0.29) is 23.9 Å². The fourth-order valence-corrected chi connectivity index (χ4v) is 3.58. The predicted molar refractivity (Wildman–Crippen MR) is 113 cm³/mol. The van der Waals surface area contributed by atoms with Gasteiger partial charge in [-0.05, 0) is 37.6 Å². The molecule has 2 aromatic heterocycles. The average molecular weight is 386 g/mol. The molecule has 0 aliphatic rings. The smallest absolute Gasteiger partial charge is 0.185 e. The van der Waals surface area contributed by atoms with Crippen LogP contribution in [0.4, 0.5) is 0 Å². The Morgan fingerprint density at radius 3 is 2.62 bits per heavy atom. The van der Waals surface area contributed by atoms with Crippen molar-refractivity contribution in [2.24, 2.45) is 7.05 Å². The Labute approximate surface area is 169 Å². The van der Waals surface area contributed by atoms with Crippen LogP contribution in [0.3, 0.4) is 0 Å². The maximum Gasteiger partial charge on any atom is 0.185 e. The molecule has 0 bridgehead atoms. The van der Waals surface area contributed by atoms with E-state index < -0.39 is 0 Å². The zero-order valence-electron chi connectivity index (χ0n) is 16.6. The van der Waals surface area contributed by atoms with E-state index in [2.05, 4.69) is 4.98 Å². The van der Waals surface area contributed by atoms with Crippen molar-refractivity contribution in [1.82, 2.24) is 9.55 Å². The first kappa shape index (κ1) is 18.7. The number of carbonyl (C=O) groups is 1. The molecule has 4 aromatic rings. The molecule has 29 heavy (non-hydrogen) atoms. The molecule has 0 saturated carbocycles. The Hall–Kier alpha value is -3.60. The third-order valence-electron chi connectivity index (χ3n) is 5.04. The van der Waals surface area contributed by atoms with Gasteiger partial charge in [-0.25, -0.2) is 4.98 Å². The number of fused-ring (bicyclic) bond motifs is 1. The molecular weight excluding hydrogens is 364 g/mol. The zero-order valence-corrected chi connectivity index (χ0v) is 16.6. The number of pyridine rings is 1. The Morgan fingerprint density at radius 1 is 1.14 bits per heavy atom. The average Bonchev–Trinajstić information content (AvgIpc) is 3.08. The second-order valence-corrected chi connectivity index (χ2v) is 7.13. The number of hydrogen-bond acceptors (Lipinski definition) is 4. The second-order valence-electron chi connectivity index (χ2n) is 7.13. The van der Waals surface area contributed by atoms with Gasteiger partial charge >= 0.3 is 0 Å². The summed E-state index contributed by atoms with van der Waals surface area (Å²) in [6.45, 7) is 3.46. The van der Waals surface area contributed by atoms with E-state index in [1.54, 1.807) is 6.92 Å². The van der Waals surface area contributed by atoms with Crippen LogP contribution in [0.15, 0.2) is 60.8 Å². The summed E-state index contributed by atoms with van der Waals surface area (Å²) in [5, 5.41) is 12.1. The third kappa shape index (κ3) is 3.47. The van der Waals surface area contributed by atoms with E-state index in [9.17, 15) is 9.90 Å². The van der Waals surface area contributed by atoms with E-state index in [1.807, 2.05) is 72.4 Å². The van der Waals surface area contributed by atoms with Gasteiger partial charge in [-0.3, -0.25) is 4.79 Å². The van der Waals surface area contributed by atoms with Gasteiger partial charge in [0.1, 0.15) is 12.3 Å². The number of Topliss-reactive ketones (excluding diaryl/α,β-unsaturated/α-hetero) is 1. The maximum atomic E-state index is 12.2. The summed E-state index contributed by atoms with van der Waals surface area (Å²) in [4.78, 5) is 16.8. The molecule has 0 fully saturated rings. The molecule has 0 radical (unpaired) electrons. The summed E-state index contributed by atoms with van der Waals surface area (Å²) in [6.07, 6.45) is 1.99. The van der Waals surface area contributed by atoms with Crippen molar-refractivity contribution >= 4 is 16.7 Å². The number of aromatic nitrogens is 2. The van der Waals surface area contributed by atoms with Crippen molar-refractivity contribution in [3.63, 3.8) is 0 Å². The highest BCUT2D eigenvalue weighted by Crippen LogP contribution is 2.41. The largest absolute Gasteiger partial charge is 0.503 e. The highest BCUT2D eigenvalue weighted by atomic mass is 16.5. The molecule has 0 amide bonds. The van der Waals surface area contributed by atoms with Gasteiger partial charge < -0.3 is 14.4 Å². The highest BCUT2D eigenvalue weighted by Gasteiger charge is 2.23. The van der Waals surface area contributed by atoms with Crippen LogP contribution in [-0.2, 0) is 13.7 Å². The number of aromatic hydroxyl groups is 1. The number of rotatable bonds is 5. The molecule has 0 atom stereocenters. The summed E-state index contributed by atoms with van der Waals surface area (Å²) in [5.74, 6) is -0.137. The Morgan fingerprint density at radius 2 is 1.90 bits per heavy atom. The molecule has 5 heteroatoms. The van der Waals surface area contributed by atoms with Crippen molar-refractivity contribution in [3.05, 3.63) is 77.6 Å². The molecule has 1 N–H and O–H groups in total. The monoisotopic (exact) mass is 386 g/mol. The summed E-state index contributed by atoms with van der Waals surface area (Å²) < 4.78 is 7.97. The maximum absolute atomic E-state index is 12.2. The van der Waals surface area contributed by atoms with Crippen molar-refractivity contribution in [2.75, 3.05) is 0 Å². The molecule has 0 unspecified atom stereocenters. The number of benzene rings is 2. The molecule has 0 spiro atoms. The standard InChI is InChI=1S/C24H22N2O3/c1-15-21(16(2)27)24(29-14-17-7-5-4-6-8-17)23(28)22(25-15)19-9-10-20-18(13-19)11-12-26(20)3/h4-13,28H,14H2,1-3H3. The summed E-state index contributed by atoms with van der Waals surface area (Å²) >= 11 is 0. The lowest BCUT2D eigenvalue weighted by molar-refractivity contribution is 0.101. The van der Waals surface area contributed by atoms with Crippen molar-refractivity contribution in [3.8, 4) is 22.8 Å². The van der Waals surface area contributed by atoms with Gasteiger partial charge in [0.05, 0.1) is 11.3 Å². The van der Waals surface area contributed by atoms with Crippen molar-refractivity contribution < 1.29 is 14.6 Å². The van der Waals surface area contributed by atoms with Gasteiger partial charge in [0.2, 0.25) is 0 Å². The van der Waals surface area contributed by atoms with Crippen LogP contribution in [0.1, 0.15) is 28.5 Å². The van der Waals surface area contributed by atoms with Crippen LogP contribution in [0.25, 0.3) is 22.2 Å². The van der Waals surface area contributed by atoms with Gasteiger partial charge in [-0.2, -0.15) is 0 Å². The Kier molecular flexibility index (Phi) is 4.80. The number of ketones is 1. The van der Waals surface area contributed by atoms with Crippen LogP contribution < -0.4 is 4.74 Å². The second kappa shape index (κ2) is 7.43. The fraction of sp³-hybridized carbons (Fsp3) is 0.167. The predicted octanol–water partition coefficient (Wildman–Crippen LogP) is 5.04. The van der Waals surface area contributed by atoms with E-state index in [0.717, 1.165) is 22.0 Å². The molecule has 0 aliphatic heterocycles. The van der Waals surface area contributed by atoms with Crippen LogP contribution in [0, 0.1) is 6.92 Å². The van der Waals surface area contributed by atoms with Gasteiger partial charge in [-0.1, -0.05) is 36.4 Å². The lowest BCUT2D eigenvalue weighted by Gasteiger charge is -2.16. The third-order valence-corrected chi connectivity index (χ3v) is 5.04. The summed E-state index contributed by atoms with van der Waals surface area (Å²) in [5.41, 5.74) is 4.05. The van der Waals surface area contributed by atoms with E-state index >= 15 is 0 Å². The fourth-order valence-electron chi connectivity index (χ4n) is 3.58. The van der Waals surface area contributed by atoms with Crippen molar-refractivity contribution in [1.29, 1.82) is 0 Å². The Bertz CT molecular complexity index is 1210. The number of hydrogen-bond donors (Lipinski definition) is 1. The Balaban J connectivity index is 1.82. The van der Waals surface area contributed by atoms with Gasteiger partial charge in [-0.15, -0.1) is 0 Å². The SMILES string of the molecule is CC(=O)c1c(C)nc(-c2ccc3c(ccn3C)c2)c(O)c1OCc1ccccc1. The highest BCUT2D eigenvalue weighted by molar-refractivity contribution is 6.00. The molecule has 146 valence electrons. The molecule has 2 aromatic carbocycles. The molecule has 2 heterocycles. The number of nitrogens with zero attached hydrogens (tertiary/aromatic N) is 2. The normalized spacial score (nSPS) is 11.0. The minimum absolute atomic E-state index is 0.119. The lowest BCUT2D eigenvalue weighted by atomic mass is 10.0. The van der Waals surface area contributed by atoms with Crippen LogP contribution in [0.2, 0.25) is 0 Å².